The van der Waals surface area contributed by atoms with Crippen LogP contribution in [0.3, 0.4) is 0 Å². The molecule has 1 aliphatic rings. The predicted molar refractivity (Wildman–Crippen MR) is 122 cm³/mol. The number of morpholine rings is 1. The predicted octanol–water partition coefficient (Wildman–Crippen LogP) is 2.54. The summed E-state index contributed by atoms with van der Waals surface area (Å²) in [5.74, 6) is -0.132. The first kappa shape index (κ1) is 24.7. The van der Waals surface area contributed by atoms with Crippen molar-refractivity contribution in [2.45, 2.75) is 18.7 Å². The van der Waals surface area contributed by atoms with Gasteiger partial charge >= 0.3 is 5.97 Å². The first-order chi connectivity index (χ1) is 15.8. The van der Waals surface area contributed by atoms with Crippen LogP contribution in [0.2, 0.25) is 0 Å². The Hall–Kier alpha value is -2.95. The Bertz CT molecular complexity index is 1050. The fourth-order valence-electron chi connectivity index (χ4n) is 3.01. The minimum Gasteiger partial charge on any atom is -0.493 e. The molecule has 0 spiro atoms. The third kappa shape index (κ3) is 7.01. The van der Waals surface area contributed by atoms with E-state index in [1.54, 1.807) is 24.3 Å². The highest BCUT2D eigenvalue weighted by Crippen LogP contribution is 2.19. The summed E-state index contributed by atoms with van der Waals surface area (Å²) in [4.78, 5) is 24.4. The van der Waals surface area contributed by atoms with E-state index in [1.807, 2.05) is 13.8 Å². The largest absolute Gasteiger partial charge is 0.493 e. The van der Waals surface area contributed by atoms with Crippen molar-refractivity contribution < 1.29 is 32.2 Å². The first-order valence-electron chi connectivity index (χ1n) is 10.6. The highest BCUT2D eigenvalue weighted by Gasteiger charge is 2.26. The van der Waals surface area contributed by atoms with Crippen LogP contribution in [0.15, 0.2) is 53.4 Å². The lowest BCUT2D eigenvalue weighted by Gasteiger charge is -2.26. The lowest BCUT2D eigenvalue weighted by Crippen LogP contribution is -2.40. The number of rotatable bonds is 9. The lowest BCUT2D eigenvalue weighted by molar-refractivity contribution is -0.119. The molecule has 1 saturated heterocycles. The third-order valence-electron chi connectivity index (χ3n) is 4.75. The summed E-state index contributed by atoms with van der Waals surface area (Å²) >= 11 is 0. The fraction of sp³-hybridized carbons (Fsp3) is 0.391. The number of hydrogen-bond acceptors (Lipinski definition) is 7. The van der Waals surface area contributed by atoms with Gasteiger partial charge in [-0.3, -0.25) is 4.79 Å². The van der Waals surface area contributed by atoms with Gasteiger partial charge in [-0.1, -0.05) is 13.8 Å². The molecule has 178 valence electrons. The summed E-state index contributed by atoms with van der Waals surface area (Å²) in [5.41, 5.74) is 0.695. The van der Waals surface area contributed by atoms with Crippen LogP contribution < -0.4 is 10.1 Å². The number of esters is 1. The van der Waals surface area contributed by atoms with Gasteiger partial charge in [-0.2, -0.15) is 4.31 Å². The zero-order valence-corrected chi connectivity index (χ0v) is 19.5. The monoisotopic (exact) mass is 476 g/mol. The van der Waals surface area contributed by atoms with Gasteiger partial charge in [-0.25, -0.2) is 13.2 Å². The maximum atomic E-state index is 12.6. The fourth-order valence-corrected chi connectivity index (χ4v) is 4.42. The number of carbonyl (C=O) groups excluding carboxylic acids is 2. The summed E-state index contributed by atoms with van der Waals surface area (Å²) in [6.45, 7) is 5.52. The minimum absolute atomic E-state index is 0.134. The lowest BCUT2D eigenvalue weighted by atomic mass is 10.2. The van der Waals surface area contributed by atoms with Gasteiger partial charge in [0.05, 0.1) is 30.3 Å². The van der Waals surface area contributed by atoms with E-state index < -0.39 is 28.5 Å². The van der Waals surface area contributed by atoms with E-state index in [-0.39, 0.29) is 4.90 Å². The molecule has 0 radical (unpaired) electrons. The normalized spacial score (nSPS) is 14.6. The Balaban J connectivity index is 1.49. The summed E-state index contributed by atoms with van der Waals surface area (Å²) in [7, 11) is -3.61. The number of nitrogens with zero attached hydrogens (tertiary/aromatic N) is 1. The van der Waals surface area contributed by atoms with Gasteiger partial charge in [0.15, 0.2) is 6.61 Å². The molecule has 2 aromatic carbocycles. The Morgan fingerprint density at radius 3 is 2.27 bits per heavy atom. The zero-order valence-electron chi connectivity index (χ0n) is 18.7. The van der Waals surface area contributed by atoms with Gasteiger partial charge in [0.2, 0.25) is 10.0 Å². The highest BCUT2D eigenvalue weighted by atomic mass is 32.2. The second-order valence-corrected chi connectivity index (χ2v) is 9.83. The Kier molecular flexibility index (Phi) is 8.43. The molecule has 1 aliphatic heterocycles. The standard InChI is InChI=1S/C23H28N2O7S/c1-17(2)15-31-20-7-3-18(4-8-20)23(27)32-16-22(26)24-19-5-9-21(10-6-19)33(28,29)25-11-13-30-14-12-25/h3-10,17H,11-16H2,1-2H3,(H,24,26). The first-order valence-corrected chi connectivity index (χ1v) is 12.1. The number of carbonyl (C=O) groups is 2. The van der Waals surface area contributed by atoms with Gasteiger partial charge in [0, 0.05) is 18.8 Å². The van der Waals surface area contributed by atoms with Crippen LogP contribution in [0, 0.1) is 5.92 Å². The molecule has 1 amide bonds. The maximum absolute atomic E-state index is 12.6. The molecular formula is C23H28N2O7S. The molecule has 1 heterocycles. The van der Waals surface area contributed by atoms with Crippen LogP contribution in [0.5, 0.6) is 5.75 Å². The van der Waals surface area contributed by atoms with E-state index in [0.717, 1.165) is 0 Å². The van der Waals surface area contributed by atoms with Gasteiger partial charge in [-0.05, 0) is 54.4 Å². The zero-order chi connectivity index (χ0) is 23.8. The number of benzene rings is 2. The van der Waals surface area contributed by atoms with Gasteiger partial charge in [0.1, 0.15) is 5.75 Å². The Labute approximate surface area is 193 Å². The summed E-state index contributed by atoms with van der Waals surface area (Å²) in [5, 5.41) is 2.58. The molecule has 33 heavy (non-hydrogen) atoms. The molecule has 2 aromatic rings. The van der Waals surface area contributed by atoms with E-state index in [2.05, 4.69) is 5.32 Å². The van der Waals surface area contributed by atoms with Crippen molar-refractivity contribution in [2.75, 3.05) is 44.8 Å². The van der Waals surface area contributed by atoms with E-state index in [9.17, 15) is 18.0 Å². The molecular weight excluding hydrogens is 448 g/mol. The number of sulfonamides is 1. The van der Waals surface area contributed by atoms with E-state index in [4.69, 9.17) is 14.2 Å². The highest BCUT2D eigenvalue weighted by molar-refractivity contribution is 7.89. The quantitative estimate of drug-likeness (QED) is 0.554. The van der Waals surface area contributed by atoms with Gasteiger partial charge < -0.3 is 19.5 Å². The van der Waals surface area contributed by atoms with Crippen LogP contribution in [0.25, 0.3) is 0 Å². The molecule has 0 unspecified atom stereocenters. The molecule has 0 atom stereocenters. The average Bonchev–Trinajstić information content (AvgIpc) is 2.82. The summed E-state index contributed by atoms with van der Waals surface area (Å²) in [6, 6.07) is 12.3. The minimum atomic E-state index is -3.61. The Morgan fingerprint density at radius 2 is 1.67 bits per heavy atom. The molecule has 3 rings (SSSR count). The number of amides is 1. The average molecular weight is 477 g/mol. The van der Waals surface area contributed by atoms with Crippen molar-refractivity contribution in [1.29, 1.82) is 0 Å². The van der Waals surface area contributed by atoms with E-state index in [0.29, 0.717) is 55.8 Å². The molecule has 10 heteroatoms. The van der Waals surface area contributed by atoms with Crippen molar-refractivity contribution in [3.8, 4) is 5.75 Å². The molecule has 0 saturated carbocycles. The van der Waals surface area contributed by atoms with E-state index in [1.165, 1.54) is 28.6 Å². The Morgan fingerprint density at radius 1 is 1.03 bits per heavy atom. The SMILES string of the molecule is CC(C)COc1ccc(C(=O)OCC(=O)Nc2ccc(S(=O)(=O)N3CCOCC3)cc2)cc1. The van der Waals surface area contributed by atoms with Crippen molar-refractivity contribution in [3.05, 3.63) is 54.1 Å². The van der Waals surface area contributed by atoms with Crippen molar-refractivity contribution in [1.82, 2.24) is 4.31 Å². The van der Waals surface area contributed by atoms with Crippen molar-refractivity contribution in [2.24, 2.45) is 5.92 Å². The van der Waals surface area contributed by atoms with E-state index >= 15 is 0 Å². The molecule has 1 fully saturated rings. The molecule has 0 aliphatic carbocycles. The second kappa shape index (κ2) is 11.3. The smallest absolute Gasteiger partial charge is 0.338 e. The van der Waals surface area contributed by atoms with Crippen molar-refractivity contribution in [3.63, 3.8) is 0 Å². The summed E-state index contributed by atoms with van der Waals surface area (Å²) < 4.78 is 42.5. The van der Waals surface area contributed by atoms with Gasteiger partial charge in [0.25, 0.3) is 5.91 Å². The molecule has 9 nitrogen and oxygen atoms in total. The van der Waals surface area contributed by atoms with Crippen LogP contribution in [0.4, 0.5) is 5.69 Å². The molecule has 1 N–H and O–H groups in total. The topological polar surface area (TPSA) is 111 Å². The summed E-state index contributed by atoms with van der Waals surface area (Å²) in [6.07, 6.45) is 0. The van der Waals surface area contributed by atoms with Crippen LogP contribution in [0.1, 0.15) is 24.2 Å². The number of hydrogen-bond donors (Lipinski definition) is 1. The van der Waals surface area contributed by atoms with Crippen molar-refractivity contribution >= 4 is 27.6 Å². The third-order valence-corrected chi connectivity index (χ3v) is 6.67. The van der Waals surface area contributed by atoms with Crippen LogP contribution in [-0.4, -0.2) is 64.1 Å². The maximum Gasteiger partial charge on any atom is 0.338 e. The second-order valence-electron chi connectivity index (χ2n) is 7.89. The number of nitrogens with one attached hydrogen (secondary N) is 1. The molecule has 0 aromatic heterocycles. The molecule has 0 bridgehead atoms. The number of ether oxygens (including phenoxy) is 3. The van der Waals surface area contributed by atoms with Crippen LogP contribution in [-0.2, 0) is 24.3 Å². The van der Waals surface area contributed by atoms with Crippen LogP contribution >= 0.6 is 0 Å². The number of anilines is 1. The van der Waals surface area contributed by atoms with Gasteiger partial charge in [-0.15, -0.1) is 0 Å².